The van der Waals surface area contributed by atoms with Crippen LogP contribution in [0.1, 0.15) is 12.1 Å². The predicted octanol–water partition coefficient (Wildman–Crippen LogP) is 3.13. The molecule has 1 aliphatic rings. The van der Waals surface area contributed by atoms with E-state index < -0.39 is 0 Å². The van der Waals surface area contributed by atoms with Crippen molar-refractivity contribution in [1.82, 2.24) is 9.55 Å². The van der Waals surface area contributed by atoms with Gasteiger partial charge in [-0.2, -0.15) is 0 Å². The second kappa shape index (κ2) is 4.57. The molecule has 0 amide bonds. The van der Waals surface area contributed by atoms with Crippen molar-refractivity contribution in [1.29, 1.82) is 0 Å². The molecule has 94 valence electrons. The quantitative estimate of drug-likeness (QED) is 0.873. The van der Waals surface area contributed by atoms with Crippen LogP contribution in [-0.4, -0.2) is 15.6 Å². The predicted molar refractivity (Wildman–Crippen MR) is 74.0 cm³/mol. The normalized spacial score (nSPS) is 18.7. The fraction of sp³-hybridized carbons (Fsp3) is 0.308. The standard InChI is InChI=1S/C13H13Cl2N3/c14-10-4-2-1-3-9(10)13-17-12(15)11-7-8(16)5-6-18(11)13/h1-4,8H,5-7,16H2. The van der Waals surface area contributed by atoms with E-state index in [2.05, 4.69) is 9.55 Å². The molecule has 2 N–H and O–H groups in total. The number of hydrogen-bond donors (Lipinski definition) is 1. The van der Waals surface area contributed by atoms with E-state index >= 15 is 0 Å². The molecular weight excluding hydrogens is 269 g/mol. The van der Waals surface area contributed by atoms with Crippen LogP contribution in [0.15, 0.2) is 24.3 Å². The second-order valence-electron chi connectivity index (χ2n) is 4.56. The highest BCUT2D eigenvalue weighted by Crippen LogP contribution is 2.33. The van der Waals surface area contributed by atoms with Crippen LogP contribution in [0.25, 0.3) is 11.4 Å². The highest BCUT2D eigenvalue weighted by atomic mass is 35.5. The van der Waals surface area contributed by atoms with E-state index in [1.807, 2.05) is 24.3 Å². The number of benzene rings is 1. The van der Waals surface area contributed by atoms with Gasteiger partial charge in [-0.1, -0.05) is 35.3 Å². The Hall–Kier alpha value is -1.03. The van der Waals surface area contributed by atoms with Crippen LogP contribution >= 0.6 is 23.2 Å². The minimum Gasteiger partial charge on any atom is -0.327 e. The molecule has 5 heteroatoms. The third kappa shape index (κ3) is 1.92. The van der Waals surface area contributed by atoms with E-state index in [1.54, 1.807) is 0 Å². The summed E-state index contributed by atoms with van der Waals surface area (Å²) in [5.74, 6) is 0.840. The molecule has 0 fully saturated rings. The van der Waals surface area contributed by atoms with Gasteiger partial charge in [0, 0.05) is 24.6 Å². The van der Waals surface area contributed by atoms with Gasteiger partial charge in [-0.3, -0.25) is 0 Å². The van der Waals surface area contributed by atoms with Gasteiger partial charge in [0.2, 0.25) is 0 Å². The average molecular weight is 282 g/mol. The third-order valence-electron chi connectivity index (χ3n) is 3.32. The Bertz CT molecular complexity index is 592. The number of rotatable bonds is 1. The van der Waals surface area contributed by atoms with Crippen molar-refractivity contribution < 1.29 is 0 Å². The largest absolute Gasteiger partial charge is 0.327 e. The Labute approximate surface area is 116 Å². The zero-order chi connectivity index (χ0) is 12.7. The van der Waals surface area contributed by atoms with Crippen LogP contribution in [0, 0.1) is 0 Å². The summed E-state index contributed by atoms with van der Waals surface area (Å²) in [7, 11) is 0. The lowest BCUT2D eigenvalue weighted by Gasteiger charge is -2.22. The van der Waals surface area contributed by atoms with Gasteiger partial charge >= 0.3 is 0 Å². The van der Waals surface area contributed by atoms with Crippen LogP contribution in [0.3, 0.4) is 0 Å². The number of nitrogens with zero attached hydrogens (tertiary/aromatic N) is 2. The van der Waals surface area contributed by atoms with Gasteiger partial charge in [-0.25, -0.2) is 4.98 Å². The molecule has 2 aromatic rings. The fourth-order valence-electron chi connectivity index (χ4n) is 2.39. The van der Waals surface area contributed by atoms with E-state index in [9.17, 15) is 0 Å². The molecule has 0 bridgehead atoms. The van der Waals surface area contributed by atoms with Crippen molar-refractivity contribution in [3.63, 3.8) is 0 Å². The van der Waals surface area contributed by atoms with Crippen molar-refractivity contribution in [2.75, 3.05) is 0 Å². The van der Waals surface area contributed by atoms with E-state index in [4.69, 9.17) is 28.9 Å². The minimum atomic E-state index is 0.172. The zero-order valence-electron chi connectivity index (χ0n) is 9.74. The van der Waals surface area contributed by atoms with Crippen molar-refractivity contribution in [3.8, 4) is 11.4 Å². The molecule has 3 nitrogen and oxygen atoms in total. The van der Waals surface area contributed by atoms with Gasteiger partial charge in [0.05, 0.1) is 10.7 Å². The van der Waals surface area contributed by atoms with Gasteiger partial charge in [-0.05, 0) is 18.6 Å². The van der Waals surface area contributed by atoms with Crippen molar-refractivity contribution in [2.45, 2.75) is 25.4 Å². The number of fused-ring (bicyclic) bond motifs is 1. The Morgan fingerprint density at radius 1 is 1.28 bits per heavy atom. The Morgan fingerprint density at radius 2 is 2.06 bits per heavy atom. The molecule has 0 saturated carbocycles. The highest BCUT2D eigenvalue weighted by Gasteiger charge is 2.24. The lowest BCUT2D eigenvalue weighted by atomic mass is 10.1. The molecule has 1 aliphatic heterocycles. The highest BCUT2D eigenvalue weighted by molar-refractivity contribution is 6.33. The van der Waals surface area contributed by atoms with E-state index in [0.717, 1.165) is 36.5 Å². The topological polar surface area (TPSA) is 43.8 Å². The summed E-state index contributed by atoms with van der Waals surface area (Å²) in [5, 5.41) is 1.23. The first-order valence-corrected chi connectivity index (χ1v) is 6.68. The smallest absolute Gasteiger partial charge is 0.151 e. The van der Waals surface area contributed by atoms with Crippen LogP contribution in [0.2, 0.25) is 10.2 Å². The summed E-state index contributed by atoms with van der Waals surface area (Å²) in [5.41, 5.74) is 7.91. The lowest BCUT2D eigenvalue weighted by molar-refractivity contribution is 0.475. The maximum atomic E-state index is 6.22. The molecule has 1 aromatic carbocycles. The van der Waals surface area contributed by atoms with Crippen molar-refractivity contribution in [3.05, 3.63) is 40.1 Å². The first-order valence-electron chi connectivity index (χ1n) is 5.92. The molecule has 0 radical (unpaired) electrons. The van der Waals surface area contributed by atoms with E-state index in [0.29, 0.717) is 10.2 Å². The Morgan fingerprint density at radius 3 is 2.83 bits per heavy atom. The molecule has 0 aliphatic carbocycles. The van der Waals surface area contributed by atoms with Crippen LogP contribution < -0.4 is 5.73 Å². The SMILES string of the molecule is NC1CCn2c(-c3ccccc3Cl)nc(Cl)c2C1. The third-order valence-corrected chi connectivity index (χ3v) is 3.95. The summed E-state index contributed by atoms with van der Waals surface area (Å²) >= 11 is 12.4. The first kappa shape index (κ1) is 12.0. The molecule has 3 rings (SSSR count). The van der Waals surface area contributed by atoms with Crippen LogP contribution in [-0.2, 0) is 13.0 Å². The molecule has 1 aromatic heterocycles. The van der Waals surface area contributed by atoms with Gasteiger partial charge < -0.3 is 10.3 Å². The van der Waals surface area contributed by atoms with Gasteiger partial charge in [0.15, 0.2) is 5.15 Å². The van der Waals surface area contributed by atoms with Gasteiger partial charge in [-0.15, -0.1) is 0 Å². The van der Waals surface area contributed by atoms with Crippen LogP contribution in [0.4, 0.5) is 0 Å². The lowest BCUT2D eigenvalue weighted by Crippen LogP contribution is -2.30. The molecule has 1 atom stereocenters. The van der Waals surface area contributed by atoms with Crippen molar-refractivity contribution in [2.24, 2.45) is 5.73 Å². The fourth-order valence-corrected chi connectivity index (χ4v) is 2.87. The molecule has 2 heterocycles. The second-order valence-corrected chi connectivity index (χ2v) is 5.32. The van der Waals surface area contributed by atoms with E-state index in [-0.39, 0.29) is 6.04 Å². The van der Waals surface area contributed by atoms with Gasteiger partial charge in [0.1, 0.15) is 5.82 Å². The Balaban J connectivity index is 2.15. The monoisotopic (exact) mass is 281 g/mol. The maximum absolute atomic E-state index is 6.22. The molecule has 0 spiro atoms. The minimum absolute atomic E-state index is 0.172. The number of halogens is 2. The number of aromatic nitrogens is 2. The first-order chi connectivity index (χ1) is 8.66. The van der Waals surface area contributed by atoms with Gasteiger partial charge in [0.25, 0.3) is 0 Å². The zero-order valence-corrected chi connectivity index (χ0v) is 11.2. The molecule has 0 saturated heterocycles. The van der Waals surface area contributed by atoms with Crippen LogP contribution in [0.5, 0.6) is 0 Å². The number of imidazole rings is 1. The number of hydrogen-bond acceptors (Lipinski definition) is 2. The summed E-state index contributed by atoms with van der Waals surface area (Å²) in [4.78, 5) is 4.45. The summed E-state index contributed by atoms with van der Waals surface area (Å²) in [6.45, 7) is 0.844. The molecule has 1 unspecified atom stereocenters. The summed E-state index contributed by atoms with van der Waals surface area (Å²) in [6.07, 6.45) is 1.72. The summed E-state index contributed by atoms with van der Waals surface area (Å²) < 4.78 is 2.13. The average Bonchev–Trinajstić information content (AvgIpc) is 2.67. The van der Waals surface area contributed by atoms with Crippen molar-refractivity contribution >= 4 is 23.2 Å². The summed E-state index contributed by atoms with van der Waals surface area (Å²) in [6, 6.07) is 7.85. The number of nitrogens with two attached hydrogens (primary N) is 1. The maximum Gasteiger partial charge on any atom is 0.151 e. The van der Waals surface area contributed by atoms with E-state index in [1.165, 1.54) is 0 Å². The molecule has 18 heavy (non-hydrogen) atoms. The molecular formula is C13H13Cl2N3. The Kier molecular flexibility index (Phi) is 3.06.